The van der Waals surface area contributed by atoms with E-state index in [1.165, 1.54) is 0 Å². The largest absolute Gasteiger partial charge is 0.444 e. The van der Waals surface area contributed by atoms with Crippen LogP contribution >= 0.6 is 0 Å². The van der Waals surface area contributed by atoms with Crippen LogP contribution in [0.3, 0.4) is 0 Å². The molecule has 8 rings (SSSR count). The predicted octanol–water partition coefficient (Wildman–Crippen LogP) is 6.19. The first-order valence-electron chi connectivity index (χ1n) is 19.7. The van der Waals surface area contributed by atoms with E-state index in [9.17, 15) is 14.7 Å². The van der Waals surface area contributed by atoms with E-state index in [1.807, 2.05) is 80.4 Å². The number of aromatic nitrogens is 4. The van der Waals surface area contributed by atoms with E-state index in [0.717, 1.165) is 78.3 Å². The molecule has 2 aromatic carbocycles. The third-order valence-corrected chi connectivity index (χ3v) is 11.5. The van der Waals surface area contributed by atoms with Crippen molar-refractivity contribution in [1.82, 2.24) is 29.3 Å². The topological polar surface area (TPSA) is 129 Å². The fourth-order valence-electron chi connectivity index (χ4n) is 8.51. The lowest BCUT2D eigenvalue weighted by Gasteiger charge is -2.49. The molecule has 3 aliphatic rings. The number of amides is 1. The summed E-state index contributed by atoms with van der Waals surface area (Å²) in [5, 5.41) is 13.1. The summed E-state index contributed by atoms with van der Waals surface area (Å²) < 4.78 is 14.2. The van der Waals surface area contributed by atoms with Gasteiger partial charge in [-0.15, -0.1) is 0 Å². The van der Waals surface area contributed by atoms with Crippen molar-refractivity contribution >= 4 is 33.8 Å². The van der Waals surface area contributed by atoms with Gasteiger partial charge in [-0.2, -0.15) is 0 Å². The highest BCUT2D eigenvalue weighted by atomic mass is 16.6. The Morgan fingerprint density at radius 1 is 0.945 bits per heavy atom. The summed E-state index contributed by atoms with van der Waals surface area (Å²) >= 11 is 0. The third-order valence-electron chi connectivity index (χ3n) is 11.5. The highest BCUT2D eigenvalue weighted by molar-refractivity contribution is 5.97. The molecule has 55 heavy (non-hydrogen) atoms. The number of piperazine rings is 1. The second kappa shape index (κ2) is 14.4. The molecule has 2 N–H and O–H groups in total. The van der Waals surface area contributed by atoms with Gasteiger partial charge in [0, 0.05) is 80.1 Å². The standard InChI is InChI=1S/C43H53N7O5/c1-27-24-50(41(53)55-42(3,4)5)28(2)23-49(27)31-17-20-48(21-18-31)40-45-36-15-12-29(35-25-47(6)39(52)37-33(35)16-19-44-37)22-34(36)38(46-40)43(26-51,54-32-13-14-32)30-10-8-7-9-11-30/h7-12,15-16,19,22,25,27-28,31-32,44,51H,13-14,17-18,20-21,23-24,26H2,1-6H3/t27-,28+,43?/m0/s1. The number of hydrogen-bond donors (Lipinski definition) is 2. The molecule has 0 spiro atoms. The molecule has 3 atom stereocenters. The normalized spacial score (nSPS) is 21.3. The Kier molecular flexibility index (Phi) is 9.71. The Balaban J connectivity index is 1.14. The van der Waals surface area contributed by atoms with Gasteiger partial charge < -0.3 is 33.9 Å². The van der Waals surface area contributed by atoms with Crippen LogP contribution in [0.15, 0.2) is 71.8 Å². The maximum atomic E-state index is 13.0. The van der Waals surface area contributed by atoms with Gasteiger partial charge in [-0.1, -0.05) is 36.4 Å². The average molecular weight is 748 g/mol. The number of benzene rings is 2. The number of anilines is 1. The monoisotopic (exact) mass is 747 g/mol. The molecule has 290 valence electrons. The van der Waals surface area contributed by atoms with Crippen molar-refractivity contribution < 1.29 is 19.4 Å². The summed E-state index contributed by atoms with van der Waals surface area (Å²) in [6.07, 6.45) is 7.15. The van der Waals surface area contributed by atoms with Crippen molar-refractivity contribution in [3.05, 3.63) is 88.6 Å². The average Bonchev–Trinajstić information content (AvgIpc) is 3.86. The predicted molar refractivity (Wildman–Crippen MR) is 214 cm³/mol. The van der Waals surface area contributed by atoms with Crippen LogP contribution in [-0.2, 0) is 22.1 Å². The number of fused-ring (bicyclic) bond motifs is 2. The minimum absolute atomic E-state index is 0.0167. The lowest BCUT2D eigenvalue weighted by atomic mass is 9.87. The van der Waals surface area contributed by atoms with Crippen molar-refractivity contribution in [1.29, 1.82) is 0 Å². The van der Waals surface area contributed by atoms with Crippen molar-refractivity contribution in [2.24, 2.45) is 7.05 Å². The van der Waals surface area contributed by atoms with E-state index in [0.29, 0.717) is 29.7 Å². The number of ether oxygens (including phenoxy) is 2. The van der Waals surface area contributed by atoms with Crippen LogP contribution < -0.4 is 10.5 Å². The smallest absolute Gasteiger partial charge is 0.410 e. The van der Waals surface area contributed by atoms with Crippen molar-refractivity contribution in [2.45, 2.75) is 95.7 Å². The fourth-order valence-corrected chi connectivity index (χ4v) is 8.51. The van der Waals surface area contributed by atoms with Gasteiger partial charge >= 0.3 is 6.09 Å². The molecule has 5 aromatic rings. The summed E-state index contributed by atoms with van der Waals surface area (Å²) in [6, 6.07) is 18.6. The molecule has 3 fully saturated rings. The Morgan fingerprint density at radius 3 is 2.38 bits per heavy atom. The van der Waals surface area contributed by atoms with E-state index < -0.39 is 11.2 Å². The quantitative estimate of drug-likeness (QED) is 0.191. The SMILES string of the molecule is C[C@@H]1CN(C2CCN(c3nc(C(CO)(OC4CC4)c4ccccc4)c4cc(-c5cn(C)c(=O)c6[nH]ccc56)ccc4n3)CC2)[C@@H](C)CN1C(=O)OC(C)(C)C. The first kappa shape index (κ1) is 37.2. The zero-order chi connectivity index (χ0) is 38.6. The molecule has 12 nitrogen and oxygen atoms in total. The molecule has 3 aromatic heterocycles. The molecule has 1 unspecified atom stereocenters. The molecule has 2 saturated heterocycles. The van der Waals surface area contributed by atoms with Crippen molar-refractivity contribution in [3.8, 4) is 11.1 Å². The minimum atomic E-state index is -1.22. The number of carbonyl (C=O) groups excluding carboxylic acids is 1. The number of aliphatic hydroxyl groups is 1. The second-order valence-corrected chi connectivity index (χ2v) is 16.7. The van der Waals surface area contributed by atoms with E-state index in [4.69, 9.17) is 19.4 Å². The zero-order valence-corrected chi connectivity index (χ0v) is 32.8. The van der Waals surface area contributed by atoms with Crippen LogP contribution in [0.1, 0.15) is 71.6 Å². The molecule has 0 bridgehead atoms. The number of pyridine rings is 1. The Bertz CT molecular complexity index is 2250. The minimum Gasteiger partial charge on any atom is -0.444 e. The Hall–Kier alpha value is -4.78. The van der Waals surface area contributed by atoms with Gasteiger partial charge in [0.2, 0.25) is 5.95 Å². The molecule has 12 heteroatoms. The van der Waals surface area contributed by atoms with E-state index >= 15 is 0 Å². The molecule has 5 heterocycles. The van der Waals surface area contributed by atoms with Gasteiger partial charge in [-0.25, -0.2) is 14.8 Å². The first-order chi connectivity index (χ1) is 26.3. The molecular formula is C43H53N7O5. The van der Waals surface area contributed by atoms with Crippen molar-refractivity contribution in [2.75, 3.05) is 37.7 Å². The maximum absolute atomic E-state index is 13.0. The fraction of sp³-hybridized carbons (Fsp3) is 0.488. The number of H-pyrrole nitrogens is 1. The number of piperidine rings is 1. The zero-order valence-electron chi connectivity index (χ0n) is 32.8. The molecular weight excluding hydrogens is 695 g/mol. The number of nitrogens with one attached hydrogen (secondary N) is 1. The highest BCUT2D eigenvalue weighted by Gasteiger charge is 2.44. The third kappa shape index (κ3) is 7.11. The second-order valence-electron chi connectivity index (χ2n) is 16.7. The van der Waals surface area contributed by atoms with Crippen LogP contribution in [0.4, 0.5) is 10.7 Å². The summed E-state index contributed by atoms with van der Waals surface area (Å²) in [6.45, 7) is 12.7. The van der Waals surface area contributed by atoms with Crippen LogP contribution in [-0.4, -0.2) is 103 Å². The summed E-state index contributed by atoms with van der Waals surface area (Å²) in [4.78, 5) is 46.3. The van der Waals surface area contributed by atoms with Crippen LogP contribution in [0.5, 0.6) is 0 Å². The summed E-state index contributed by atoms with van der Waals surface area (Å²) in [7, 11) is 1.76. The Labute approximate surface area is 322 Å². The lowest BCUT2D eigenvalue weighted by Crippen LogP contribution is -2.62. The lowest BCUT2D eigenvalue weighted by molar-refractivity contribution is -0.0672. The molecule has 1 saturated carbocycles. The van der Waals surface area contributed by atoms with Gasteiger partial charge in [-0.3, -0.25) is 9.69 Å². The van der Waals surface area contributed by atoms with Gasteiger partial charge in [0.15, 0.2) is 5.60 Å². The number of hydrogen-bond acceptors (Lipinski definition) is 9. The molecule has 0 radical (unpaired) electrons. The van der Waals surface area contributed by atoms with Crippen LogP contribution in [0.25, 0.3) is 32.9 Å². The highest BCUT2D eigenvalue weighted by Crippen LogP contribution is 2.43. The summed E-state index contributed by atoms with van der Waals surface area (Å²) in [5.41, 5.74) is 2.76. The van der Waals surface area contributed by atoms with E-state index in [2.05, 4.69) is 34.7 Å². The van der Waals surface area contributed by atoms with Gasteiger partial charge in [-0.05, 0) is 89.6 Å². The Morgan fingerprint density at radius 2 is 1.69 bits per heavy atom. The number of rotatable bonds is 8. The van der Waals surface area contributed by atoms with E-state index in [1.54, 1.807) is 17.8 Å². The number of aliphatic hydroxyl groups excluding tert-OH is 1. The molecule has 1 amide bonds. The molecule has 1 aliphatic carbocycles. The maximum Gasteiger partial charge on any atom is 0.410 e. The van der Waals surface area contributed by atoms with Gasteiger partial charge in [0.1, 0.15) is 11.1 Å². The number of nitrogens with zero attached hydrogens (tertiary/aromatic N) is 6. The van der Waals surface area contributed by atoms with E-state index in [-0.39, 0.29) is 36.4 Å². The number of aryl methyl sites for hydroxylation is 1. The molecule has 2 aliphatic heterocycles. The summed E-state index contributed by atoms with van der Waals surface area (Å²) in [5.74, 6) is 0.619. The van der Waals surface area contributed by atoms with Crippen molar-refractivity contribution in [3.63, 3.8) is 0 Å². The van der Waals surface area contributed by atoms with Gasteiger partial charge in [0.05, 0.1) is 23.9 Å². The first-order valence-corrected chi connectivity index (χ1v) is 19.7. The number of carbonyl (C=O) groups is 1. The van der Waals surface area contributed by atoms with Crippen LogP contribution in [0.2, 0.25) is 0 Å². The van der Waals surface area contributed by atoms with Crippen LogP contribution in [0, 0.1) is 0 Å². The van der Waals surface area contributed by atoms with Gasteiger partial charge in [0.25, 0.3) is 5.56 Å². The number of aromatic amines is 1.